The van der Waals surface area contributed by atoms with Crippen molar-refractivity contribution in [2.45, 2.75) is 6.42 Å². The second kappa shape index (κ2) is 7.28. The zero-order chi connectivity index (χ0) is 22.6. The Morgan fingerprint density at radius 3 is 2.62 bits per heavy atom. The number of aromatic nitrogens is 1. The van der Waals surface area contributed by atoms with Gasteiger partial charge in [-0.3, -0.25) is 25.0 Å². The summed E-state index contributed by atoms with van der Waals surface area (Å²) in [7, 11) is 1.74. The van der Waals surface area contributed by atoms with E-state index >= 15 is 0 Å². The lowest BCUT2D eigenvalue weighted by molar-refractivity contribution is -0.384. The van der Waals surface area contributed by atoms with Gasteiger partial charge in [0.2, 0.25) is 0 Å². The Morgan fingerprint density at radius 1 is 1.12 bits per heavy atom. The molecule has 1 aliphatic heterocycles. The SMILES string of the molecule is Cn1cc(C2=C(C3=CC(CO)Cc4ccccc43)C(=O)NC2=O)c2ccc([N+](=O)[O-])cc21. The van der Waals surface area contributed by atoms with Crippen LogP contribution in [0.5, 0.6) is 0 Å². The highest BCUT2D eigenvalue weighted by molar-refractivity contribution is 6.41. The highest BCUT2D eigenvalue weighted by atomic mass is 16.6. The number of carbonyl (C=O) groups excluding carboxylic acids is 2. The first-order valence-corrected chi connectivity index (χ1v) is 10.1. The molecule has 5 rings (SSSR count). The zero-order valence-electron chi connectivity index (χ0n) is 17.2. The third-order valence-corrected chi connectivity index (χ3v) is 6.08. The van der Waals surface area contributed by atoms with E-state index in [1.807, 2.05) is 30.3 Å². The minimum absolute atomic E-state index is 0.0545. The number of carbonyl (C=O) groups is 2. The lowest BCUT2D eigenvalue weighted by atomic mass is 9.80. The third kappa shape index (κ3) is 2.96. The molecule has 0 bridgehead atoms. The maximum absolute atomic E-state index is 13.0. The van der Waals surface area contributed by atoms with Crippen molar-refractivity contribution >= 4 is 39.6 Å². The van der Waals surface area contributed by atoms with E-state index in [0.29, 0.717) is 28.5 Å². The number of fused-ring (bicyclic) bond motifs is 2. The van der Waals surface area contributed by atoms with E-state index in [2.05, 4.69) is 5.32 Å². The molecule has 2 aliphatic rings. The fraction of sp³-hybridized carbons (Fsp3) is 0.167. The van der Waals surface area contributed by atoms with E-state index in [1.54, 1.807) is 23.9 Å². The molecule has 1 unspecified atom stereocenters. The van der Waals surface area contributed by atoms with Crippen molar-refractivity contribution in [2.75, 3.05) is 6.61 Å². The van der Waals surface area contributed by atoms with Crippen LogP contribution in [-0.2, 0) is 23.1 Å². The van der Waals surface area contributed by atoms with E-state index in [-0.39, 0.29) is 29.4 Å². The van der Waals surface area contributed by atoms with Gasteiger partial charge in [-0.1, -0.05) is 30.3 Å². The van der Waals surface area contributed by atoms with Crippen molar-refractivity contribution in [3.8, 4) is 0 Å². The van der Waals surface area contributed by atoms with Crippen molar-refractivity contribution in [3.63, 3.8) is 0 Å². The Morgan fingerprint density at radius 2 is 1.88 bits per heavy atom. The summed E-state index contributed by atoms with van der Waals surface area (Å²) in [4.78, 5) is 36.6. The molecule has 2 aromatic carbocycles. The highest BCUT2D eigenvalue weighted by Crippen LogP contribution is 2.41. The Balaban J connectivity index is 1.78. The molecule has 1 aliphatic carbocycles. The van der Waals surface area contributed by atoms with E-state index in [1.165, 1.54) is 12.1 Å². The molecule has 2 heterocycles. The van der Waals surface area contributed by atoms with Crippen molar-refractivity contribution in [1.82, 2.24) is 9.88 Å². The molecule has 0 saturated heterocycles. The summed E-state index contributed by atoms with van der Waals surface area (Å²) >= 11 is 0. The summed E-state index contributed by atoms with van der Waals surface area (Å²) in [5, 5.41) is 24.1. The van der Waals surface area contributed by atoms with Gasteiger partial charge in [-0.15, -0.1) is 0 Å². The summed E-state index contributed by atoms with van der Waals surface area (Å²) in [6.07, 6.45) is 4.21. The number of aryl methyl sites for hydroxylation is 1. The van der Waals surface area contributed by atoms with Gasteiger partial charge in [0.25, 0.3) is 17.5 Å². The number of nitrogens with one attached hydrogen (secondary N) is 1. The van der Waals surface area contributed by atoms with E-state index in [9.17, 15) is 24.8 Å². The number of aliphatic hydroxyl groups excluding tert-OH is 1. The van der Waals surface area contributed by atoms with Gasteiger partial charge in [0.15, 0.2) is 0 Å². The molecule has 2 amide bonds. The van der Waals surface area contributed by atoms with Crippen LogP contribution in [0.1, 0.15) is 16.7 Å². The zero-order valence-corrected chi connectivity index (χ0v) is 17.2. The number of nitro benzene ring substituents is 1. The molecule has 0 radical (unpaired) electrons. The average molecular weight is 429 g/mol. The van der Waals surface area contributed by atoms with Crippen molar-refractivity contribution in [2.24, 2.45) is 13.0 Å². The molecule has 0 saturated carbocycles. The van der Waals surface area contributed by atoms with Gasteiger partial charge in [-0.2, -0.15) is 0 Å². The van der Waals surface area contributed by atoms with Crippen LogP contribution in [0.4, 0.5) is 5.69 Å². The Kier molecular flexibility index (Phi) is 4.53. The van der Waals surface area contributed by atoms with E-state index < -0.39 is 16.7 Å². The first-order valence-electron chi connectivity index (χ1n) is 10.1. The predicted molar refractivity (Wildman–Crippen MR) is 118 cm³/mol. The molecule has 1 aromatic heterocycles. The number of nitro groups is 1. The second-order valence-corrected chi connectivity index (χ2v) is 8.03. The highest BCUT2D eigenvalue weighted by Gasteiger charge is 2.37. The monoisotopic (exact) mass is 429 g/mol. The third-order valence-electron chi connectivity index (χ3n) is 6.08. The lowest BCUT2D eigenvalue weighted by Crippen LogP contribution is -2.24. The summed E-state index contributed by atoms with van der Waals surface area (Å²) in [6.45, 7) is -0.0754. The molecule has 2 N–H and O–H groups in total. The number of rotatable bonds is 4. The number of imide groups is 1. The number of benzene rings is 2. The van der Waals surface area contributed by atoms with Crippen molar-refractivity contribution in [3.05, 3.63) is 87.1 Å². The Hall–Kier alpha value is -4.04. The molecule has 8 heteroatoms. The summed E-state index contributed by atoms with van der Waals surface area (Å²) in [6, 6.07) is 12.1. The van der Waals surface area contributed by atoms with Crippen LogP contribution in [0.2, 0.25) is 0 Å². The van der Waals surface area contributed by atoms with Gasteiger partial charge >= 0.3 is 0 Å². The number of hydrogen-bond acceptors (Lipinski definition) is 5. The second-order valence-electron chi connectivity index (χ2n) is 8.03. The molecular formula is C24H19N3O5. The van der Waals surface area contributed by atoms with Crippen LogP contribution in [-0.4, -0.2) is 33.0 Å². The average Bonchev–Trinajstić information content (AvgIpc) is 3.27. The number of non-ortho nitro benzene ring substituents is 1. The fourth-order valence-electron chi connectivity index (χ4n) is 4.62. The standard InChI is InChI=1S/C24H19N3O5/c1-26-11-19(17-7-6-15(27(31)32)10-20(17)26)22-21(23(29)25-24(22)30)18-9-13(12-28)8-14-4-2-3-5-16(14)18/h2-7,9-11,13,28H,8,12H2,1H3,(H,25,29,30). The fourth-order valence-corrected chi connectivity index (χ4v) is 4.62. The quantitative estimate of drug-likeness (QED) is 0.376. The molecule has 32 heavy (non-hydrogen) atoms. The first-order chi connectivity index (χ1) is 15.4. The Labute approximate surface area is 182 Å². The molecular weight excluding hydrogens is 410 g/mol. The van der Waals surface area contributed by atoms with Crippen molar-refractivity contribution < 1.29 is 19.6 Å². The number of amides is 2. The summed E-state index contributed by atoms with van der Waals surface area (Å²) in [5.41, 5.74) is 4.01. The topological polar surface area (TPSA) is 114 Å². The number of aliphatic hydroxyl groups is 1. The van der Waals surface area contributed by atoms with Gasteiger partial charge in [0.05, 0.1) is 21.6 Å². The van der Waals surface area contributed by atoms with Gasteiger partial charge in [0, 0.05) is 48.9 Å². The van der Waals surface area contributed by atoms with E-state index in [4.69, 9.17) is 0 Å². The van der Waals surface area contributed by atoms with Crippen LogP contribution in [0.3, 0.4) is 0 Å². The van der Waals surface area contributed by atoms with Crippen LogP contribution in [0.25, 0.3) is 22.0 Å². The van der Waals surface area contributed by atoms with Gasteiger partial charge in [-0.25, -0.2) is 0 Å². The summed E-state index contributed by atoms with van der Waals surface area (Å²) < 4.78 is 1.71. The molecule has 3 aromatic rings. The predicted octanol–water partition coefficient (Wildman–Crippen LogP) is 2.74. The molecule has 0 fully saturated rings. The molecule has 0 spiro atoms. The first kappa shape index (κ1) is 19.9. The normalized spacial score (nSPS) is 18.1. The molecule has 160 valence electrons. The van der Waals surface area contributed by atoms with Gasteiger partial charge in [-0.05, 0) is 29.2 Å². The molecule has 8 nitrogen and oxygen atoms in total. The smallest absolute Gasteiger partial charge is 0.271 e. The minimum Gasteiger partial charge on any atom is -0.396 e. The lowest BCUT2D eigenvalue weighted by Gasteiger charge is -2.23. The van der Waals surface area contributed by atoms with Crippen molar-refractivity contribution in [1.29, 1.82) is 0 Å². The van der Waals surface area contributed by atoms with Crippen LogP contribution >= 0.6 is 0 Å². The van der Waals surface area contributed by atoms with Gasteiger partial charge in [0.1, 0.15) is 0 Å². The van der Waals surface area contributed by atoms with Crippen LogP contribution < -0.4 is 5.32 Å². The van der Waals surface area contributed by atoms with Crippen LogP contribution in [0.15, 0.2) is 60.3 Å². The van der Waals surface area contributed by atoms with Crippen LogP contribution in [0, 0.1) is 16.0 Å². The summed E-state index contributed by atoms with van der Waals surface area (Å²) in [5.74, 6) is -1.18. The molecule has 1 atom stereocenters. The van der Waals surface area contributed by atoms with Gasteiger partial charge < -0.3 is 9.67 Å². The maximum Gasteiger partial charge on any atom is 0.271 e. The maximum atomic E-state index is 13.0. The minimum atomic E-state index is -0.514. The Bertz CT molecular complexity index is 1400. The number of nitrogens with zero attached hydrogens (tertiary/aromatic N) is 2. The number of hydrogen-bond donors (Lipinski definition) is 2. The van der Waals surface area contributed by atoms with E-state index in [0.717, 1.165) is 11.1 Å². The largest absolute Gasteiger partial charge is 0.396 e.